The van der Waals surface area contributed by atoms with Gasteiger partial charge >= 0.3 is 0 Å². The number of ketones is 1. The number of nitrogens with one attached hydrogen (secondary N) is 1. The van der Waals surface area contributed by atoms with Crippen molar-refractivity contribution in [1.82, 2.24) is 5.32 Å². The number of hydrogen-bond donors (Lipinski definition) is 1. The van der Waals surface area contributed by atoms with Gasteiger partial charge in [-0.2, -0.15) is 0 Å². The van der Waals surface area contributed by atoms with Crippen LogP contribution in [-0.4, -0.2) is 23.1 Å². The van der Waals surface area contributed by atoms with E-state index in [1.807, 2.05) is 6.08 Å². The Morgan fingerprint density at radius 2 is 1.96 bits per heavy atom. The van der Waals surface area contributed by atoms with Crippen molar-refractivity contribution in [2.45, 2.75) is 71.3 Å². The van der Waals surface area contributed by atoms with E-state index in [0.717, 1.165) is 43.4 Å². The molecule has 0 aliphatic heterocycles. The number of alkyl halides is 1. The van der Waals surface area contributed by atoms with E-state index in [4.69, 9.17) is 0 Å². The number of rotatable bonds is 2. The van der Waals surface area contributed by atoms with E-state index in [1.54, 1.807) is 0 Å². The third kappa shape index (κ3) is 2.65. The molecule has 138 valence electrons. The van der Waals surface area contributed by atoms with E-state index in [1.165, 1.54) is 31.3 Å². The molecular formula is C21H30BrNO2. The Balaban J connectivity index is 1.59. The number of hydrogen-bond acceptors (Lipinski definition) is 2. The Morgan fingerprint density at radius 3 is 2.72 bits per heavy atom. The molecule has 0 aromatic heterocycles. The van der Waals surface area contributed by atoms with Gasteiger partial charge in [0, 0.05) is 12.5 Å². The second-order valence-corrected chi connectivity index (χ2v) is 9.91. The Bertz CT molecular complexity index is 629. The molecule has 1 N–H and O–H groups in total. The van der Waals surface area contributed by atoms with Gasteiger partial charge in [0.05, 0.1) is 5.33 Å². The molecule has 0 bridgehead atoms. The topological polar surface area (TPSA) is 46.2 Å². The van der Waals surface area contributed by atoms with E-state index in [0.29, 0.717) is 17.2 Å². The molecule has 0 spiro atoms. The Morgan fingerprint density at radius 1 is 1.16 bits per heavy atom. The zero-order valence-electron chi connectivity index (χ0n) is 15.4. The van der Waals surface area contributed by atoms with Gasteiger partial charge in [0.1, 0.15) is 0 Å². The highest BCUT2D eigenvalue weighted by Gasteiger charge is 2.59. The molecule has 3 fully saturated rings. The lowest BCUT2D eigenvalue weighted by molar-refractivity contribution is -0.120. The maximum Gasteiger partial charge on any atom is 0.230 e. The largest absolute Gasteiger partial charge is 0.352 e. The van der Waals surface area contributed by atoms with Crippen LogP contribution in [0.2, 0.25) is 0 Å². The van der Waals surface area contributed by atoms with Gasteiger partial charge in [-0.15, -0.1) is 0 Å². The number of halogens is 1. The van der Waals surface area contributed by atoms with Crippen molar-refractivity contribution in [2.75, 3.05) is 5.33 Å². The highest BCUT2D eigenvalue weighted by Crippen LogP contribution is 2.65. The molecule has 0 radical (unpaired) electrons. The molecule has 25 heavy (non-hydrogen) atoms. The molecule has 0 saturated heterocycles. The van der Waals surface area contributed by atoms with Crippen molar-refractivity contribution in [3.05, 3.63) is 11.6 Å². The van der Waals surface area contributed by atoms with E-state index >= 15 is 0 Å². The molecule has 4 aliphatic carbocycles. The molecule has 3 saturated carbocycles. The Kier molecular flexibility index (Phi) is 4.41. The van der Waals surface area contributed by atoms with Gasteiger partial charge in [-0.25, -0.2) is 0 Å². The number of amides is 1. The standard InChI is InChI=1S/C21H30BrNO2/c1-20-9-7-14(24)11-13(20)3-4-15-16-5-6-18(23-19(25)12-22)21(16,2)10-8-17(15)20/h11,15-18H,3-10,12H2,1-2H3,(H,23,25)/t15?,16?,17?,18-,20-,21-/m0/s1. The van der Waals surface area contributed by atoms with Crippen molar-refractivity contribution < 1.29 is 9.59 Å². The lowest BCUT2D eigenvalue weighted by atomic mass is 9.47. The highest BCUT2D eigenvalue weighted by atomic mass is 79.9. The fourth-order valence-electron chi connectivity index (χ4n) is 7.03. The summed E-state index contributed by atoms with van der Waals surface area (Å²) in [5.41, 5.74) is 1.94. The minimum atomic E-state index is 0.126. The normalized spacial score (nSPS) is 45.9. The molecular weight excluding hydrogens is 378 g/mol. The smallest absolute Gasteiger partial charge is 0.230 e. The summed E-state index contributed by atoms with van der Waals surface area (Å²) in [6.07, 6.45) is 10.9. The molecule has 3 nitrogen and oxygen atoms in total. The monoisotopic (exact) mass is 407 g/mol. The van der Waals surface area contributed by atoms with Crippen LogP contribution in [0.1, 0.15) is 65.2 Å². The predicted molar refractivity (Wildman–Crippen MR) is 102 cm³/mol. The van der Waals surface area contributed by atoms with Crippen LogP contribution in [0.15, 0.2) is 11.6 Å². The quantitative estimate of drug-likeness (QED) is 0.689. The summed E-state index contributed by atoms with van der Waals surface area (Å²) in [7, 11) is 0. The van der Waals surface area contributed by atoms with E-state index in [-0.39, 0.29) is 16.7 Å². The van der Waals surface area contributed by atoms with E-state index in [2.05, 4.69) is 35.1 Å². The van der Waals surface area contributed by atoms with Crippen molar-refractivity contribution in [2.24, 2.45) is 28.6 Å². The van der Waals surface area contributed by atoms with Crippen molar-refractivity contribution in [3.63, 3.8) is 0 Å². The molecule has 4 rings (SSSR count). The molecule has 1 amide bonds. The van der Waals surface area contributed by atoms with Crippen LogP contribution in [0.5, 0.6) is 0 Å². The fraction of sp³-hybridized carbons (Fsp3) is 0.810. The number of carbonyl (C=O) groups excluding carboxylic acids is 2. The first-order valence-electron chi connectivity index (χ1n) is 9.97. The fourth-order valence-corrected chi connectivity index (χ4v) is 7.19. The molecule has 6 atom stereocenters. The third-order valence-corrected chi connectivity index (χ3v) is 8.93. The van der Waals surface area contributed by atoms with E-state index in [9.17, 15) is 9.59 Å². The van der Waals surface area contributed by atoms with Crippen LogP contribution in [-0.2, 0) is 9.59 Å². The summed E-state index contributed by atoms with van der Waals surface area (Å²) in [4.78, 5) is 23.8. The van der Waals surface area contributed by atoms with Crippen LogP contribution in [0.4, 0.5) is 0 Å². The second-order valence-electron chi connectivity index (χ2n) is 9.34. The molecule has 0 aromatic rings. The molecule has 4 aliphatic rings. The van der Waals surface area contributed by atoms with Gasteiger partial charge in [0.2, 0.25) is 5.91 Å². The lowest BCUT2D eigenvalue weighted by Gasteiger charge is -2.58. The van der Waals surface area contributed by atoms with Crippen LogP contribution >= 0.6 is 15.9 Å². The Hall–Kier alpha value is -0.640. The summed E-state index contributed by atoms with van der Waals surface area (Å²) in [6.45, 7) is 4.86. The first kappa shape index (κ1) is 17.8. The van der Waals surface area contributed by atoms with Crippen LogP contribution in [0.25, 0.3) is 0 Å². The van der Waals surface area contributed by atoms with Gasteiger partial charge in [-0.1, -0.05) is 35.4 Å². The average molecular weight is 408 g/mol. The molecule has 3 unspecified atom stereocenters. The summed E-state index contributed by atoms with van der Waals surface area (Å²) < 4.78 is 0. The van der Waals surface area contributed by atoms with Gasteiger partial charge in [-0.05, 0) is 79.6 Å². The minimum Gasteiger partial charge on any atom is -0.352 e. The van der Waals surface area contributed by atoms with Gasteiger partial charge in [0.25, 0.3) is 0 Å². The van der Waals surface area contributed by atoms with Gasteiger partial charge < -0.3 is 5.32 Å². The van der Waals surface area contributed by atoms with Crippen molar-refractivity contribution in [1.29, 1.82) is 0 Å². The summed E-state index contributed by atoms with van der Waals surface area (Å²) in [5, 5.41) is 3.69. The third-order valence-electron chi connectivity index (χ3n) is 8.42. The first-order chi connectivity index (χ1) is 11.9. The number of carbonyl (C=O) groups is 2. The SMILES string of the molecule is C[C@]12CCC(=O)C=C1CCC1C2CC[C@@]2(C)C1CC[C@@H]2NC(=O)CBr. The van der Waals surface area contributed by atoms with Gasteiger partial charge in [0.15, 0.2) is 5.78 Å². The highest BCUT2D eigenvalue weighted by molar-refractivity contribution is 9.09. The number of allylic oxidation sites excluding steroid dienone is 1. The van der Waals surface area contributed by atoms with Gasteiger partial charge in [-0.3, -0.25) is 9.59 Å². The van der Waals surface area contributed by atoms with Crippen LogP contribution in [0.3, 0.4) is 0 Å². The summed E-state index contributed by atoms with van der Waals surface area (Å²) >= 11 is 3.29. The molecule has 0 heterocycles. The van der Waals surface area contributed by atoms with Crippen LogP contribution in [0, 0.1) is 28.6 Å². The minimum absolute atomic E-state index is 0.126. The molecule has 4 heteroatoms. The van der Waals surface area contributed by atoms with E-state index < -0.39 is 0 Å². The second kappa shape index (κ2) is 6.21. The predicted octanol–water partition coefficient (Wildman–Crippen LogP) is 4.40. The average Bonchev–Trinajstić information content (AvgIpc) is 2.92. The summed E-state index contributed by atoms with van der Waals surface area (Å²) in [6, 6.07) is 0.334. The molecule has 0 aromatic carbocycles. The Labute approximate surface area is 159 Å². The maximum atomic E-state index is 11.9. The lowest BCUT2D eigenvalue weighted by Crippen LogP contribution is -2.54. The van der Waals surface area contributed by atoms with Crippen molar-refractivity contribution >= 4 is 27.6 Å². The van der Waals surface area contributed by atoms with Crippen molar-refractivity contribution in [3.8, 4) is 0 Å². The zero-order chi connectivity index (χ0) is 17.8. The maximum absolute atomic E-state index is 11.9. The first-order valence-corrected chi connectivity index (χ1v) is 11.1. The summed E-state index contributed by atoms with van der Waals surface area (Å²) in [5.74, 6) is 2.68. The number of fused-ring (bicyclic) bond motifs is 5. The zero-order valence-corrected chi connectivity index (χ0v) is 17.0. The van der Waals surface area contributed by atoms with Crippen LogP contribution < -0.4 is 5.32 Å².